The van der Waals surface area contributed by atoms with Crippen molar-refractivity contribution in [1.29, 1.82) is 0 Å². The van der Waals surface area contributed by atoms with E-state index in [9.17, 15) is 0 Å². The van der Waals surface area contributed by atoms with Gasteiger partial charge in [0.2, 0.25) is 0 Å². The van der Waals surface area contributed by atoms with Crippen molar-refractivity contribution in [3.63, 3.8) is 0 Å². The molecule has 1 spiro atoms. The number of aromatic nitrogens is 1. The van der Waals surface area contributed by atoms with E-state index in [0.29, 0.717) is 0 Å². The zero-order chi connectivity index (χ0) is 20.8. The molecule has 3 nitrogen and oxygen atoms in total. The number of ether oxygens (including phenoxy) is 1. The molecule has 1 aromatic heterocycles. The highest BCUT2D eigenvalue weighted by Gasteiger charge is 2.36. The van der Waals surface area contributed by atoms with Gasteiger partial charge in [-0.05, 0) is 36.4 Å². The Morgan fingerprint density at radius 1 is 0.967 bits per heavy atom. The maximum atomic E-state index is 6.52. The summed E-state index contributed by atoms with van der Waals surface area (Å²) in [6.45, 7) is 8.61. The molecular weight excluding hydrogens is 388 g/mol. The van der Waals surface area contributed by atoms with E-state index >= 15 is 0 Å². The van der Waals surface area contributed by atoms with E-state index in [4.69, 9.17) is 9.72 Å². The van der Waals surface area contributed by atoms with Crippen molar-refractivity contribution in [2.45, 2.75) is 44.6 Å². The third-order valence-electron chi connectivity index (χ3n) is 6.06. The number of para-hydroxylation sites is 1. The Bertz CT molecular complexity index is 1080. The molecule has 0 amide bonds. The molecule has 2 aliphatic heterocycles. The lowest BCUT2D eigenvalue weighted by Crippen LogP contribution is -2.46. The monoisotopic (exact) mass is 416 g/mol. The fraction of sp³-hybridized carbons (Fsp3) is 0.346. The van der Waals surface area contributed by atoms with Crippen molar-refractivity contribution in [3.05, 3.63) is 76.8 Å². The Morgan fingerprint density at radius 3 is 2.37 bits per heavy atom. The van der Waals surface area contributed by atoms with Crippen LogP contribution in [0.2, 0.25) is 0 Å². The zero-order valence-corrected chi connectivity index (χ0v) is 18.7. The Hall–Kier alpha value is -2.43. The molecule has 5 rings (SSSR count). The summed E-state index contributed by atoms with van der Waals surface area (Å²) >= 11 is 1.72. The second kappa shape index (κ2) is 7.36. The topological polar surface area (TPSA) is 34.1 Å². The summed E-state index contributed by atoms with van der Waals surface area (Å²) in [6, 6.07) is 17.3. The van der Waals surface area contributed by atoms with Gasteiger partial charge in [0.05, 0.1) is 5.69 Å². The predicted molar refractivity (Wildman–Crippen MR) is 125 cm³/mol. The number of nitrogens with zero attached hydrogens (tertiary/aromatic N) is 1. The molecule has 154 valence electrons. The summed E-state index contributed by atoms with van der Waals surface area (Å²) in [6.07, 6.45) is 4.36. The third-order valence-corrected chi connectivity index (χ3v) is 6.95. The van der Waals surface area contributed by atoms with E-state index in [2.05, 4.69) is 86.1 Å². The van der Waals surface area contributed by atoms with Gasteiger partial charge in [-0.1, -0.05) is 63.2 Å². The summed E-state index contributed by atoms with van der Waals surface area (Å²) in [5.74, 6) is 0.996. The van der Waals surface area contributed by atoms with Gasteiger partial charge in [0.1, 0.15) is 16.4 Å². The molecule has 4 heteroatoms. The second-order valence-corrected chi connectivity index (χ2v) is 10.2. The molecule has 30 heavy (non-hydrogen) atoms. The number of hydrogen-bond donors (Lipinski definition) is 1. The smallest absolute Gasteiger partial charge is 0.130 e. The van der Waals surface area contributed by atoms with Gasteiger partial charge in [-0.15, -0.1) is 11.3 Å². The lowest BCUT2D eigenvalue weighted by atomic mass is 9.83. The SMILES string of the molecule is CC(C)(C)c1csc(-c2ccc(C3=CC4(CCNCC4)Oc4ccccc43)cc2)n1. The van der Waals surface area contributed by atoms with Crippen molar-refractivity contribution < 1.29 is 4.74 Å². The maximum absolute atomic E-state index is 6.52. The van der Waals surface area contributed by atoms with E-state index < -0.39 is 0 Å². The standard InChI is InChI=1S/C26H28N2OS/c1-25(2,3)23-17-30-24(28-23)19-10-8-18(9-11-19)21-16-26(12-14-27-15-13-26)29-22-7-5-4-6-20(21)22/h4-11,16-17,27H,12-15H2,1-3H3. The molecule has 3 heterocycles. The molecule has 1 N–H and O–H groups in total. The average Bonchev–Trinajstić information content (AvgIpc) is 3.25. The minimum absolute atomic E-state index is 0.0779. The summed E-state index contributed by atoms with van der Waals surface area (Å²) in [5, 5.41) is 6.73. The highest BCUT2D eigenvalue weighted by Crippen LogP contribution is 2.42. The lowest BCUT2D eigenvalue weighted by Gasteiger charge is -2.40. The number of hydrogen-bond acceptors (Lipinski definition) is 4. The maximum Gasteiger partial charge on any atom is 0.130 e. The van der Waals surface area contributed by atoms with Gasteiger partial charge in [-0.3, -0.25) is 0 Å². The Morgan fingerprint density at radius 2 is 1.67 bits per heavy atom. The van der Waals surface area contributed by atoms with E-state index in [1.165, 1.54) is 22.3 Å². The van der Waals surface area contributed by atoms with Gasteiger partial charge >= 0.3 is 0 Å². The van der Waals surface area contributed by atoms with E-state index in [1.54, 1.807) is 11.3 Å². The fourth-order valence-electron chi connectivity index (χ4n) is 4.25. The lowest BCUT2D eigenvalue weighted by molar-refractivity contribution is 0.0817. The minimum Gasteiger partial charge on any atom is -0.482 e. The normalized spacial score (nSPS) is 17.9. The fourth-order valence-corrected chi connectivity index (χ4v) is 5.30. The molecular formula is C26H28N2OS. The van der Waals surface area contributed by atoms with Crippen LogP contribution in [-0.4, -0.2) is 23.7 Å². The highest BCUT2D eigenvalue weighted by molar-refractivity contribution is 7.13. The first kappa shape index (κ1) is 19.5. The summed E-state index contributed by atoms with van der Waals surface area (Å²) < 4.78 is 6.52. The van der Waals surface area contributed by atoms with Crippen molar-refractivity contribution in [3.8, 4) is 16.3 Å². The van der Waals surface area contributed by atoms with E-state index in [1.807, 2.05) is 0 Å². The number of benzene rings is 2. The van der Waals surface area contributed by atoms with Crippen LogP contribution >= 0.6 is 11.3 Å². The Balaban J connectivity index is 1.51. The first-order chi connectivity index (χ1) is 14.4. The Labute approximate surface area is 182 Å². The van der Waals surface area contributed by atoms with Crippen LogP contribution in [-0.2, 0) is 5.41 Å². The van der Waals surface area contributed by atoms with Crippen LogP contribution in [0.15, 0.2) is 60.0 Å². The van der Waals surface area contributed by atoms with Crippen molar-refractivity contribution in [2.24, 2.45) is 0 Å². The van der Waals surface area contributed by atoms with Crippen LogP contribution < -0.4 is 10.1 Å². The number of thiazole rings is 1. The van der Waals surface area contributed by atoms with Crippen LogP contribution in [0.1, 0.15) is 50.4 Å². The van der Waals surface area contributed by atoms with Gasteiger partial charge in [0.25, 0.3) is 0 Å². The largest absolute Gasteiger partial charge is 0.482 e. The molecule has 1 fully saturated rings. The quantitative estimate of drug-likeness (QED) is 0.552. The number of rotatable bonds is 2. The molecule has 0 saturated carbocycles. The van der Waals surface area contributed by atoms with E-state index in [-0.39, 0.29) is 11.0 Å². The van der Waals surface area contributed by atoms with E-state index in [0.717, 1.165) is 42.4 Å². The molecule has 2 aromatic carbocycles. The van der Waals surface area contributed by atoms with Gasteiger partial charge in [0, 0.05) is 34.8 Å². The van der Waals surface area contributed by atoms with Crippen LogP contribution in [0.3, 0.4) is 0 Å². The van der Waals surface area contributed by atoms with Crippen LogP contribution in [0.25, 0.3) is 16.1 Å². The minimum atomic E-state index is -0.204. The molecule has 0 aliphatic carbocycles. The van der Waals surface area contributed by atoms with Gasteiger partial charge in [0.15, 0.2) is 0 Å². The van der Waals surface area contributed by atoms with Crippen molar-refractivity contribution in [1.82, 2.24) is 10.3 Å². The Kier molecular flexibility index (Phi) is 4.79. The third kappa shape index (κ3) is 3.59. The molecule has 0 radical (unpaired) electrons. The molecule has 0 unspecified atom stereocenters. The zero-order valence-electron chi connectivity index (χ0n) is 17.9. The van der Waals surface area contributed by atoms with Gasteiger partial charge in [-0.2, -0.15) is 0 Å². The molecule has 0 atom stereocenters. The number of nitrogens with one attached hydrogen (secondary N) is 1. The first-order valence-electron chi connectivity index (χ1n) is 10.7. The summed E-state index contributed by atoms with van der Waals surface area (Å²) in [7, 11) is 0. The number of piperidine rings is 1. The molecule has 0 bridgehead atoms. The second-order valence-electron chi connectivity index (χ2n) is 9.34. The predicted octanol–water partition coefficient (Wildman–Crippen LogP) is 6.05. The van der Waals surface area contributed by atoms with Crippen LogP contribution in [0.4, 0.5) is 0 Å². The summed E-state index contributed by atoms with van der Waals surface area (Å²) in [4.78, 5) is 4.88. The highest BCUT2D eigenvalue weighted by atomic mass is 32.1. The number of fused-ring (bicyclic) bond motifs is 1. The van der Waals surface area contributed by atoms with Gasteiger partial charge < -0.3 is 10.1 Å². The molecule has 3 aromatic rings. The molecule has 1 saturated heterocycles. The van der Waals surface area contributed by atoms with Crippen LogP contribution in [0.5, 0.6) is 5.75 Å². The first-order valence-corrected chi connectivity index (χ1v) is 11.6. The van der Waals surface area contributed by atoms with Crippen LogP contribution in [0, 0.1) is 0 Å². The van der Waals surface area contributed by atoms with Gasteiger partial charge in [-0.25, -0.2) is 4.98 Å². The average molecular weight is 417 g/mol. The van der Waals surface area contributed by atoms with Crippen molar-refractivity contribution in [2.75, 3.05) is 13.1 Å². The molecule has 2 aliphatic rings. The van der Waals surface area contributed by atoms with Crippen molar-refractivity contribution >= 4 is 16.9 Å². The summed E-state index contributed by atoms with van der Waals surface area (Å²) in [5.41, 5.74) is 5.90.